The number of aromatic nitrogens is 4. The Hall–Kier alpha value is -1.96. The summed E-state index contributed by atoms with van der Waals surface area (Å²) in [5.41, 5.74) is 0.252. The number of hydrogen-bond acceptors (Lipinski definition) is 5. The van der Waals surface area contributed by atoms with E-state index in [9.17, 15) is 4.79 Å². The number of amides is 1. The standard InChI is InChI=1S/C10H11N5O2S/c16-9(7-3-4-17-14-7)11-5-8-12-13-10(18)15(8)6-1-2-6/h3-4,6H,1-2,5H2,(H,11,16)(H,13,18). The van der Waals surface area contributed by atoms with Crippen LogP contribution < -0.4 is 5.32 Å². The molecule has 2 N–H and O–H groups in total. The molecule has 1 fully saturated rings. The summed E-state index contributed by atoms with van der Waals surface area (Å²) in [5, 5.41) is 13.2. The van der Waals surface area contributed by atoms with Gasteiger partial charge in [0, 0.05) is 12.1 Å². The molecule has 0 saturated heterocycles. The summed E-state index contributed by atoms with van der Waals surface area (Å²) in [6.45, 7) is 0.315. The van der Waals surface area contributed by atoms with E-state index in [1.165, 1.54) is 12.3 Å². The van der Waals surface area contributed by atoms with E-state index in [1.54, 1.807) is 0 Å². The van der Waals surface area contributed by atoms with Gasteiger partial charge >= 0.3 is 0 Å². The van der Waals surface area contributed by atoms with Crippen molar-refractivity contribution in [1.29, 1.82) is 0 Å². The zero-order valence-corrected chi connectivity index (χ0v) is 10.2. The van der Waals surface area contributed by atoms with Crippen molar-refractivity contribution in [3.8, 4) is 0 Å². The smallest absolute Gasteiger partial charge is 0.273 e. The molecule has 2 aromatic heterocycles. The van der Waals surface area contributed by atoms with Crippen LogP contribution in [0.25, 0.3) is 0 Å². The van der Waals surface area contributed by atoms with Crippen LogP contribution in [-0.2, 0) is 6.54 Å². The molecule has 0 atom stereocenters. The van der Waals surface area contributed by atoms with Crippen LogP contribution in [0, 0.1) is 4.77 Å². The van der Waals surface area contributed by atoms with Crippen LogP contribution in [0.4, 0.5) is 0 Å². The highest BCUT2D eigenvalue weighted by molar-refractivity contribution is 7.71. The largest absolute Gasteiger partial charge is 0.364 e. The molecule has 1 aliphatic carbocycles. The third-order valence-electron chi connectivity index (χ3n) is 2.77. The van der Waals surface area contributed by atoms with E-state index in [0.29, 0.717) is 17.4 Å². The quantitative estimate of drug-likeness (QED) is 0.811. The highest BCUT2D eigenvalue weighted by Gasteiger charge is 2.27. The molecular formula is C10H11N5O2S. The number of nitrogens with zero attached hydrogens (tertiary/aromatic N) is 3. The van der Waals surface area contributed by atoms with Gasteiger partial charge < -0.3 is 9.84 Å². The molecule has 94 valence electrons. The lowest BCUT2D eigenvalue weighted by Crippen LogP contribution is -2.25. The van der Waals surface area contributed by atoms with Crippen molar-refractivity contribution in [3.05, 3.63) is 28.6 Å². The number of carbonyl (C=O) groups is 1. The van der Waals surface area contributed by atoms with Gasteiger partial charge in [-0.25, -0.2) is 0 Å². The molecule has 1 amide bonds. The normalized spacial score (nSPS) is 14.7. The SMILES string of the molecule is O=C(NCc1n[nH]c(=S)n1C1CC1)c1ccon1. The first-order valence-electron chi connectivity index (χ1n) is 5.60. The lowest BCUT2D eigenvalue weighted by atomic mass is 10.4. The molecule has 0 radical (unpaired) electrons. The maximum Gasteiger partial charge on any atom is 0.273 e. The van der Waals surface area contributed by atoms with Crippen molar-refractivity contribution in [2.75, 3.05) is 0 Å². The zero-order valence-electron chi connectivity index (χ0n) is 9.42. The molecule has 0 bridgehead atoms. The molecular weight excluding hydrogens is 254 g/mol. The van der Waals surface area contributed by atoms with E-state index in [4.69, 9.17) is 12.2 Å². The fourth-order valence-electron chi connectivity index (χ4n) is 1.75. The van der Waals surface area contributed by atoms with Crippen LogP contribution >= 0.6 is 12.2 Å². The number of hydrogen-bond donors (Lipinski definition) is 2. The van der Waals surface area contributed by atoms with Crippen LogP contribution in [-0.4, -0.2) is 25.8 Å². The van der Waals surface area contributed by atoms with Gasteiger partial charge in [0.05, 0.1) is 6.54 Å². The summed E-state index contributed by atoms with van der Waals surface area (Å²) in [4.78, 5) is 11.7. The van der Waals surface area contributed by atoms with Crippen LogP contribution in [0.5, 0.6) is 0 Å². The number of nitrogens with one attached hydrogen (secondary N) is 2. The first kappa shape index (κ1) is 11.1. The highest BCUT2D eigenvalue weighted by atomic mass is 32.1. The van der Waals surface area contributed by atoms with Crippen molar-refractivity contribution in [1.82, 2.24) is 25.2 Å². The molecule has 1 aliphatic rings. The Labute approximate surface area is 107 Å². The summed E-state index contributed by atoms with van der Waals surface area (Å²) in [7, 11) is 0. The first-order chi connectivity index (χ1) is 8.75. The second-order valence-electron chi connectivity index (χ2n) is 4.11. The molecule has 2 heterocycles. The lowest BCUT2D eigenvalue weighted by Gasteiger charge is -2.05. The van der Waals surface area contributed by atoms with E-state index in [-0.39, 0.29) is 11.6 Å². The van der Waals surface area contributed by atoms with Gasteiger partial charge in [0.25, 0.3) is 5.91 Å². The van der Waals surface area contributed by atoms with Gasteiger partial charge in [-0.3, -0.25) is 14.5 Å². The van der Waals surface area contributed by atoms with Gasteiger partial charge in [0.1, 0.15) is 6.26 Å². The van der Waals surface area contributed by atoms with Crippen LogP contribution in [0.1, 0.15) is 35.2 Å². The molecule has 2 aromatic rings. The zero-order chi connectivity index (χ0) is 12.5. The van der Waals surface area contributed by atoms with Gasteiger partial charge in [0.15, 0.2) is 16.3 Å². The lowest BCUT2D eigenvalue weighted by molar-refractivity contribution is 0.0940. The molecule has 18 heavy (non-hydrogen) atoms. The number of H-pyrrole nitrogens is 1. The van der Waals surface area contributed by atoms with E-state index in [1.807, 2.05) is 4.57 Å². The Morgan fingerprint density at radius 1 is 1.67 bits per heavy atom. The minimum atomic E-state index is -0.292. The predicted octanol–water partition coefficient (Wildman–Crippen LogP) is 1.19. The molecule has 0 aromatic carbocycles. The van der Waals surface area contributed by atoms with E-state index in [2.05, 4.69) is 25.2 Å². The maximum absolute atomic E-state index is 11.7. The third kappa shape index (κ3) is 2.06. The van der Waals surface area contributed by atoms with Crippen LogP contribution in [0.2, 0.25) is 0 Å². The van der Waals surface area contributed by atoms with Gasteiger partial charge in [-0.15, -0.1) is 0 Å². The molecule has 0 aliphatic heterocycles. The number of rotatable bonds is 4. The Morgan fingerprint density at radius 2 is 2.50 bits per heavy atom. The topological polar surface area (TPSA) is 88.7 Å². The molecule has 7 nitrogen and oxygen atoms in total. The molecule has 1 saturated carbocycles. The van der Waals surface area contributed by atoms with Gasteiger partial charge in [0.2, 0.25) is 0 Å². The Bertz CT molecular complexity index is 611. The summed E-state index contributed by atoms with van der Waals surface area (Å²) in [5.74, 6) is 0.444. The van der Waals surface area contributed by atoms with Gasteiger partial charge in [-0.05, 0) is 25.1 Å². The molecule has 0 unspecified atom stereocenters. The van der Waals surface area contributed by atoms with Crippen molar-refractivity contribution in [2.24, 2.45) is 0 Å². The second-order valence-corrected chi connectivity index (χ2v) is 4.50. The minimum Gasteiger partial charge on any atom is -0.364 e. The number of carbonyl (C=O) groups excluding carboxylic acids is 1. The Kier molecular flexibility index (Phi) is 2.71. The Morgan fingerprint density at radius 3 is 3.17 bits per heavy atom. The monoisotopic (exact) mass is 265 g/mol. The van der Waals surface area contributed by atoms with Crippen molar-refractivity contribution >= 4 is 18.1 Å². The van der Waals surface area contributed by atoms with Gasteiger partial charge in [-0.2, -0.15) is 5.10 Å². The fraction of sp³-hybridized carbons (Fsp3) is 0.400. The van der Waals surface area contributed by atoms with Crippen LogP contribution in [0.15, 0.2) is 16.9 Å². The van der Waals surface area contributed by atoms with E-state index in [0.717, 1.165) is 18.7 Å². The Balaban J connectivity index is 1.70. The molecule has 0 spiro atoms. The van der Waals surface area contributed by atoms with Crippen LogP contribution in [0.3, 0.4) is 0 Å². The summed E-state index contributed by atoms with van der Waals surface area (Å²) < 4.78 is 7.17. The first-order valence-corrected chi connectivity index (χ1v) is 6.01. The van der Waals surface area contributed by atoms with Crippen molar-refractivity contribution in [3.63, 3.8) is 0 Å². The molecule has 8 heteroatoms. The summed E-state index contributed by atoms with van der Waals surface area (Å²) >= 11 is 5.15. The van der Waals surface area contributed by atoms with Gasteiger partial charge in [-0.1, -0.05) is 5.16 Å². The maximum atomic E-state index is 11.7. The summed E-state index contributed by atoms with van der Waals surface area (Å²) in [6.07, 6.45) is 3.57. The fourth-order valence-corrected chi connectivity index (χ4v) is 2.05. The predicted molar refractivity (Wildman–Crippen MR) is 63.4 cm³/mol. The average molecular weight is 265 g/mol. The second kappa shape index (κ2) is 4.37. The minimum absolute atomic E-state index is 0.252. The molecule has 3 rings (SSSR count). The average Bonchev–Trinajstić information content (AvgIpc) is 2.92. The summed E-state index contributed by atoms with van der Waals surface area (Å²) in [6, 6.07) is 1.93. The number of aromatic amines is 1. The van der Waals surface area contributed by atoms with E-state index >= 15 is 0 Å². The van der Waals surface area contributed by atoms with Crippen molar-refractivity contribution in [2.45, 2.75) is 25.4 Å². The van der Waals surface area contributed by atoms with Crippen molar-refractivity contribution < 1.29 is 9.32 Å². The van der Waals surface area contributed by atoms with E-state index < -0.39 is 0 Å². The highest BCUT2D eigenvalue weighted by Crippen LogP contribution is 2.35. The third-order valence-corrected chi connectivity index (χ3v) is 3.06.